The zero-order valence-corrected chi connectivity index (χ0v) is 11.7. The lowest BCUT2D eigenvalue weighted by Crippen LogP contribution is -2.42. The summed E-state index contributed by atoms with van der Waals surface area (Å²) in [5, 5.41) is 3.68. The molecule has 0 unspecified atom stereocenters. The summed E-state index contributed by atoms with van der Waals surface area (Å²) in [6.45, 7) is 0. The van der Waals surface area contributed by atoms with Crippen molar-refractivity contribution in [2.24, 2.45) is 5.73 Å². The molecule has 0 aliphatic carbocycles. The Morgan fingerprint density at radius 1 is 1.42 bits per heavy atom. The van der Waals surface area contributed by atoms with Gasteiger partial charge >= 0.3 is 0 Å². The SMILES string of the molecule is NC=CC(=C[NH3+])NC(=O)c1cc2ccc(Br)cc2[nH]1. The zero-order valence-electron chi connectivity index (χ0n) is 10.1. The van der Waals surface area contributed by atoms with Crippen molar-refractivity contribution in [2.75, 3.05) is 0 Å². The molecule has 2 rings (SSSR count). The molecule has 1 amide bonds. The van der Waals surface area contributed by atoms with E-state index in [2.05, 4.69) is 32.0 Å². The average Bonchev–Trinajstić information content (AvgIpc) is 2.81. The van der Waals surface area contributed by atoms with E-state index in [4.69, 9.17) is 5.73 Å². The van der Waals surface area contributed by atoms with Crippen molar-refractivity contribution in [3.63, 3.8) is 0 Å². The molecule has 0 spiro atoms. The number of benzene rings is 1. The van der Waals surface area contributed by atoms with Gasteiger partial charge in [0.2, 0.25) is 0 Å². The number of nitrogens with one attached hydrogen (secondary N) is 2. The Morgan fingerprint density at radius 3 is 2.89 bits per heavy atom. The van der Waals surface area contributed by atoms with Gasteiger partial charge in [-0.15, -0.1) is 0 Å². The number of H-pyrrole nitrogens is 1. The molecule has 6 heteroatoms. The number of halogens is 1. The summed E-state index contributed by atoms with van der Waals surface area (Å²) in [6, 6.07) is 7.58. The van der Waals surface area contributed by atoms with Gasteiger partial charge in [-0.25, -0.2) is 0 Å². The number of hydrogen-bond donors (Lipinski definition) is 4. The van der Waals surface area contributed by atoms with Crippen LogP contribution in [-0.2, 0) is 0 Å². The lowest BCUT2D eigenvalue weighted by Gasteiger charge is -2.01. The van der Waals surface area contributed by atoms with Crippen LogP contribution in [0.25, 0.3) is 10.9 Å². The summed E-state index contributed by atoms with van der Waals surface area (Å²) >= 11 is 3.39. The van der Waals surface area contributed by atoms with E-state index < -0.39 is 0 Å². The van der Waals surface area contributed by atoms with Crippen LogP contribution in [0.1, 0.15) is 10.5 Å². The van der Waals surface area contributed by atoms with Gasteiger partial charge in [0.15, 0.2) is 0 Å². The largest absolute Gasteiger partial charge is 0.405 e. The highest BCUT2D eigenvalue weighted by molar-refractivity contribution is 9.10. The molecule has 0 bridgehead atoms. The molecule has 5 nitrogen and oxygen atoms in total. The maximum absolute atomic E-state index is 12.0. The molecule has 7 N–H and O–H groups in total. The molecule has 0 atom stereocenters. The molecule has 19 heavy (non-hydrogen) atoms. The quantitative estimate of drug-likeness (QED) is 0.639. The van der Waals surface area contributed by atoms with E-state index in [9.17, 15) is 4.79 Å². The Balaban J connectivity index is 2.26. The first-order valence-electron chi connectivity index (χ1n) is 5.61. The zero-order chi connectivity index (χ0) is 13.8. The number of rotatable bonds is 3. The highest BCUT2D eigenvalue weighted by Crippen LogP contribution is 2.20. The standard InChI is InChI=1S/C13H13BrN4O/c14-9-2-1-8-5-12(18-11(8)6-9)13(19)17-10(7-16)3-4-15/h1-7,18H,15-16H2,(H,17,19)/p+1. The highest BCUT2D eigenvalue weighted by atomic mass is 79.9. The number of aromatic amines is 1. The fourth-order valence-electron chi connectivity index (χ4n) is 1.68. The van der Waals surface area contributed by atoms with Crippen LogP contribution in [0.3, 0.4) is 0 Å². The summed E-state index contributed by atoms with van der Waals surface area (Å²) < 4.78 is 0.957. The van der Waals surface area contributed by atoms with E-state index in [1.54, 1.807) is 12.1 Å². The van der Waals surface area contributed by atoms with Gasteiger partial charge in [-0.1, -0.05) is 22.0 Å². The summed E-state index contributed by atoms with van der Waals surface area (Å²) in [6.07, 6.45) is 4.45. The minimum absolute atomic E-state index is 0.236. The number of carbonyl (C=O) groups excluding carboxylic acids is 1. The van der Waals surface area contributed by atoms with Crippen LogP contribution < -0.4 is 16.8 Å². The lowest BCUT2D eigenvalue weighted by molar-refractivity contribution is -0.276. The normalized spacial score (nSPS) is 12.2. The molecule has 0 radical (unpaired) electrons. The molecule has 0 aliphatic heterocycles. The third-order valence-corrected chi connectivity index (χ3v) is 3.08. The number of hydrogen-bond acceptors (Lipinski definition) is 2. The van der Waals surface area contributed by atoms with Gasteiger partial charge in [-0.2, -0.15) is 0 Å². The Labute approximate surface area is 118 Å². The van der Waals surface area contributed by atoms with E-state index in [-0.39, 0.29) is 5.91 Å². The molecular weight excluding hydrogens is 308 g/mol. The van der Waals surface area contributed by atoms with Crippen molar-refractivity contribution in [1.82, 2.24) is 10.3 Å². The minimum atomic E-state index is -0.236. The van der Waals surface area contributed by atoms with E-state index >= 15 is 0 Å². The van der Waals surface area contributed by atoms with Crippen molar-refractivity contribution >= 4 is 32.7 Å². The molecule has 0 saturated heterocycles. The number of quaternary nitrogens is 1. The van der Waals surface area contributed by atoms with Crippen LogP contribution in [0.2, 0.25) is 0 Å². The average molecular weight is 322 g/mol. The Kier molecular flexibility index (Phi) is 4.03. The molecule has 0 saturated carbocycles. The number of allylic oxidation sites excluding steroid dienone is 1. The Bertz CT molecular complexity index is 672. The number of amides is 1. The van der Waals surface area contributed by atoms with Crippen molar-refractivity contribution in [2.45, 2.75) is 0 Å². The number of aromatic nitrogens is 1. The first-order chi connectivity index (χ1) is 9.13. The second kappa shape index (κ2) is 5.73. The van der Waals surface area contributed by atoms with Gasteiger partial charge in [0.1, 0.15) is 11.9 Å². The maximum atomic E-state index is 12.0. The topological polar surface area (TPSA) is 98.5 Å². The van der Waals surface area contributed by atoms with Gasteiger partial charge in [0.25, 0.3) is 5.91 Å². The van der Waals surface area contributed by atoms with Gasteiger partial charge in [0.05, 0.1) is 5.70 Å². The van der Waals surface area contributed by atoms with Crippen LogP contribution >= 0.6 is 15.9 Å². The smallest absolute Gasteiger partial charge is 0.272 e. The molecule has 1 heterocycles. The van der Waals surface area contributed by atoms with Crippen LogP contribution in [0.15, 0.2) is 52.9 Å². The minimum Gasteiger partial charge on any atom is -0.405 e. The molecule has 0 fully saturated rings. The molecule has 1 aromatic heterocycles. The van der Waals surface area contributed by atoms with Gasteiger partial charge in [-0.3, -0.25) is 4.79 Å². The highest BCUT2D eigenvalue weighted by Gasteiger charge is 2.10. The molecule has 1 aromatic carbocycles. The molecule has 0 aliphatic rings. The maximum Gasteiger partial charge on any atom is 0.272 e. The number of fused-ring (bicyclic) bond motifs is 1. The van der Waals surface area contributed by atoms with Gasteiger partial charge in [-0.05, 0) is 30.5 Å². The van der Waals surface area contributed by atoms with Crippen molar-refractivity contribution in [3.8, 4) is 0 Å². The van der Waals surface area contributed by atoms with Gasteiger partial charge in [0, 0.05) is 15.4 Å². The predicted molar refractivity (Wildman–Crippen MR) is 77.8 cm³/mol. The van der Waals surface area contributed by atoms with E-state index in [1.807, 2.05) is 18.2 Å². The van der Waals surface area contributed by atoms with E-state index in [0.29, 0.717) is 11.4 Å². The van der Waals surface area contributed by atoms with E-state index in [1.165, 1.54) is 12.4 Å². The summed E-state index contributed by atoms with van der Waals surface area (Å²) in [5.41, 5.74) is 10.8. The third-order valence-electron chi connectivity index (χ3n) is 2.58. The van der Waals surface area contributed by atoms with Crippen molar-refractivity contribution < 1.29 is 10.5 Å². The first-order valence-corrected chi connectivity index (χ1v) is 6.40. The van der Waals surface area contributed by atoms with Gasteiger partial charge < -0.3 is 21.8 Å². The van der Waals surface area contributed by atoms with Crippen LogP contribution in [0.5, 0.6) is 0 Å². The lowest BCUT2D eigenvalue weighted by atomic mass is 10.2. The number of nitrogens with two attached hydrogens (primary N) is 1. The van der Waals surface area contributed by atoms with E-state index in [0.717, 1.165) is 15.4 Å². The predicted octanol–water partition coefficient (Wildman–Crippen LogP) is 1.22. The van der Waals surface area contributed by atoms with Crippen LogP contribution in [0.4, 0.5) is 0 Å². The molecular formula is C13H14BrN4O+. The first kappa shape index (κ1) is 13.4. The van der Waals surface area contributed by atoms with Crippen LogP contribution in [-0.4, -0.2) is 10.9 Å². The fourth-order valence-corrected chi connectivity index (χ4v) is 2.05. The molecule has 98 valence electrons. The monoisotopic (exact) mass is 321 g/mol. The van der Waals surface area contributed by atoms with Crippen molar-refractivity contribution in [3.05, 3.63) is 58.6 Å². The van der Waals surface area contributed by atoms with Crippen LogP contribution in [0, 0.1) is 0 Å². The summed E-state index contributed by atoms with van der Waals surface area (Å²) in [7, 11) is 0. The number of carbonyl (C=O) groups is 1. The second-order valence-corrected chi connectivity index (χ2v) is 4.80. The molecule has 2 aromatic rings. The third kappa shape index (κ3) is 3.04. The Morgan fingerprint density at radius 2 is 2.21 bits per heavy atom. The van der Waals surface area contributed by atoms with Crippen molar-refractivity contribution in [1.29, 1.82) is 0 Å². The fraction of sp³-hybridized carbons (Fsp3) is 0. The summed E-state index contributed by atoms with van der Waals surface area (Å²) in [4.78, 5) is 15.1. The second-order valence-electron chi connectivity index (χ2n) is 3.89. The Hall–Kier alpha value is -2.05. The summed E-state index contributed by atoms with van der Waals surface area (Å²) in [5.74, 6) is -0.236.